The van der Waals surface area contributed by atoms with Crippen molar-refractivity contribution >= 4 is 23.9 Å². The van der Waals surface area contributed by atoms with Crippen molar-refractivity contribution in [3.8, 4) is 0 Å². The summed E-state index contributed by atoms with van der Waals surface area (Å²) in [4.78, 5) is 27.3. The van der Waals surface area contributed by atoms with Gasteiger partial charge in [0.1, 0.15) is 11.2 Å². The summed E-state index contributed by atoms with van der Waals surface area (Å²) in [5.41, 5.74) is -1.04. The van der Waals surface area contributed by atoms with Crippen molar-refractivity contribution in [2.75, 3.05) is 39.2 Å². The van der Waals surface area contributed by atoms with Gasteiger partial charge in [-0.3, -0.25) is 0 Å². The highest BCUT2D eigenvalue weighted by molar-refractivity contribution is 7.98. The standard InChI is InChI=1S/C17H34N2O4S/c1-16(2,3)22-14(20)18(7)10-13(12-24-9)11-19(8)15(21)23-17(4,5)6/h13H,10-12H2,1-9H3. The molecule has 6 nitrogen and oxygen atoms in total. The van der Waals surface area contributed by atoms with E-state index < -0.39 is 11.2 Å². The lowest BCUT2D eigenvalue weighted by Crippen LogP contribution is -2.42. The number of carbonyl (C=O) groups is 2. The predicted molar refractivity (Wildman–Crippen MR) is 99.6 cm³/mol. The van der Waals surface area contributed by atoms with E-state index in [9.17, 15) is 9.59 Å². The average Bonchev–Trinajstić information content (AvgIpc) is 2.34. The molecule has 2 amide bonds. The molecule has 0 unspecified atom stereocenters. The fourth-order valence-electron chi connectivity index (χ4n) is 2.00. The smallest absolute Gasteiger partial charge is 0.410 e. The van der Waals surface area contributed by atoms with Crippen molar-refractivity contribution in [2.45, 2.75) is 52.7 Å². The zero-order valence-electron chi connectivity index (χ0n) is 16.6. The van der Waals surface area contributed by atoms with Crippen molar-refractivity contribution in [3.63, 3.8) is 0 Å². The Kier molecular flexibility index (Phi) is 8.96. The molecule has 0 bridgehead atoms. The second kappa shape index (κ2) is 9.39. The molecule has 0 aromatic carbocycles. The molecular formula is C17H34N2O4S. The monoisotopic (exact) mass is 362 g/mol. The number of rotatable bonds is 6. The van der Waals surface area contributed by atoms with Crippen LogP contribution < -0.4 is 0 Å². The molecule has 142 valence electrons. The van der Waals surface area contributed by atoms with Crippen molar-refractivity contribution in [1.82, 2.24) is 9.80 Å². The van der Waals surface area contributed by atoms with Gasteiger partial charge in [0, 0.05) is 33.1 Å². The van der Waals surface area contributed by atoms with E-state index in [0.29, 0.717) is 13.1 Å². The molecule has 7 heteroatoms. The van der Waals surface area contributed by atoms with Gasteiger partial charge in [-0.1, -0.05) is 0 Å². The molecule has 0 aromatic heterocycles. The van der Waals surface area contributed by atoms with Gasteiger partial charge < -0.3 is 19.3 Å². The van der Waals surface area contributed by atoms with E-state index in [-0.39, 0.29) is 18.1 Å². The second-order valence-electron chi connectivity index (χ2n) is 8.04. The summed E-state index contributed by atoms with van der Waals surface area (Å²) < 4.78 is 10.7. The highest BCUT2D eigenvalue weighted by Crippen LogP contribution is 2.15. The van der Waals surface area contributed by atoms with E-state index in [1.54, 1.807) is 35.7 Å². The van der Waals surface area contributed by atoms with Crippen molar-refractivity contribution < 1.29 is 19.1 Å². The maximum absolute atomic E-state index is 12.1. The molecule has 0 rings (SSSR count). The van der Waals surface area contributed by atoms with Crippen LogP contribution in [0.1, 0.15) is 41.5 Å². The van der Waals surface area contributed by atoms with Crippen LogP contribution in [0.4, 0.5) is 9.59 Å². The second-order valence-corrected chi connectivity index (χ2v) is 8.95. The molecule has 24 heavy (non-hydrogen) atoms. The van der Waals surface area contributed by atoms with Gasteiger partial charge in [-0.15, -0.1) is 0 Å². The Morgan fingerprint density at radius 3 is 1.46 bits per heavy atom. The van der Waals surface area contributed by atoms with Crippen LogP contribution >= 0.6 is 11.8 Å². The molecule has 0 heterocycles. The molecule has 0 aliphatic carbocycles. The molecule has 0 aliphatic rings. The molecule has 0 aromatic rings. The quantitative estimate of drug-likeness (QED) is 0.721. The van der Waals surface area contributed by atoms with Crippen molar-refractivity contribution in [2.24, 2.45) is 5.92 Å². The first kappa shape index (κ1) is 22.9. The Morgan fingerprint density at radius 2 is 1.21 bits per heavy atom. The molecule has 0 radical (unpaired) electrons. The van der Waals surface area contributed by atoms with Gasteiger partial charge in [0.05, 0.1) is 0 Å². The van der Waals surface area contributed by atoms with Crippen LogP contribution in [0.3, 0.4) is 0 Å². The van der Waals surface area contributed by atoms with Gasteiger partial charge >= 0.3 is 12.2 Å². The Labute approximate surface area is 151 Å². The maximum atomic E-state index is 12.1. The van der Waals surface area contributed by atoms with Crippen LogP contribution in [-0.4, -0.2) is 72.4 Å². The predicted octanol–water partition coefficient (Wildman–Crippen LogP) is 3.70. The zero-order valence-corrected chi connectivity index (χ0v) is 17.5. The Bertz CT molecular complexity index is 380. The number of ether oxygens (including phenoxy) is 2. The lowest BCUT2D eigenvalue weighted by atomic mass is 10.1. The fraction of sp³-hybridized carbons (Fsp3) is 0.882. The summed E-state index contributed by atoms with van der Waals surface area (Å²) >= 11 is 1.69. The molecule has 0 saturated heterocycles. The summed E-state index contributed by atoms with van der Waals surface area (Å²) in [5, 5.41) is 0. The third kappa shape index (κ3) is 10.6. The molecule has 0 atom stereocenters. The van der Waals surface area contributed by atoms with E-state index in [4.69, 9.17) is 9.47 Å². The Morgan fingerprint density at radius 1 is 0.875 bits per heavy atom. The SMILES string of the molecule is CSCC(CN(C)C(=O)OC(C)(C)C)CN(C)C(=O)OC(C)(C)C. The van der Waals surface area contributed by atoms with E-state index in [1.165, 1.54) is 0 Å². The number of amides is 2. The zero-order chi connectivity index (χ0) is 19.1. The minimum atomic E-state index is -0.520. The van der Waals surface area contributed by atoms with Gasteiger partial charge in [-0.25, -0.2) is 9.59 Å². The maximum Gasteiger partial charge on any atom is 0.410 e. The van der Waals surface area contributed by atoms with Gasteiger partial charge in [0.15, 0.2) is 0 Å². The highest BCUT2D eigenvalue weighted by Gasteiger charge is 2.25. The van der Waals surface area contributed by atoms with Crippen LogP contribution in [0.5, 0.6) is 0 Å². The van der Waals surface area contributed by atoms with Crippen LogP contribution in [0.25, 0.3) is 0 Å². The van der Waals surface area contributed by atoms with Gasteiger partial charge in [-0.05, 0) is 53.6 Å². The Hall–Kier alpha value is -1.11. The van der Waals surface area contributed by atoms with E-state index in [1.807, 2.05) is 47.8 Å². The van der Waals surface area contributed by atoms with E-state index in [0.717, 1.165) is 5.75 Å². The summed E-state index contributed by atoms with van der Waals surface area (Å²) in [7, 11) is 3.43. The number of carbonyl (C=O) groups excluding carboxylic acids is 2. The molecule has 0 spiro atoms. The van der Waals surface area contributed by atoms with E-state index >= 15 is 0 Å². The average molecular weight is 363 g/mol. The third-order valence-corrected chi connectivity index (χ3v) is 3.68. The lowest BCUT2D eigenvalue weighted by molar-refractivity contribution is 0.0222. The largest absolute Gasteiger partial charge is 0.444 e. The first-order valence-electron chi connectivity index (χ1n) is 8.12. The normalized spacial score (nSPS) is 12.1. The topological polar surface area (TPSA) is 59.1 Å². The first-order valence-corrected chi connectivity index (χ1v) is 9.51. The molecule has 0 fully saturated rings. The lowest BCUT2D eigenvalue weighted by Gasteiger charge is -2.30. The Balaban J connectivity index is 4.69. The van der Waals surface area contributed by atoms with Crippen molar-refractivity contribution in [1.29, 1.82) is 0 Å². The molecule has 0 saturated carbocycles. The van der Waals surface area contributed by atoms with Crippen LogP contribution in [0.15, 0.2) is 0 Å². The van der Waals surface area contributed by atoms with Gasteiger partial charge in [-0.2, -0.15) is 11.8 Å². The fourth-order valence-corrected chi connectivity index (χ4v) is 2.68. The summed E-state index contributed by atoms with van der Waals surface area (Å²) in [6.07, 6.45) is 1.30. The number of thioether (sulfide) groups is 1. The minimum absolute atomic E-state index is 0.134. The minimum Gasteiger partial charge on any atom is -0.444 e. The molecular weight excluding hydrogens is 328 g/mol. The van der Waals surface area contributed by atoms with Crippen LogP contribution in [-0.2, 0) is 9.47 Å². The summed E-state index contributed by atoms with van der Waals surface area (Å²) in [6, 6.07) is 0. The molecule has 0 N–H and O–H groups in total. The number of hydrogen-bond donors (Lipinski definition) is 0. The first-order chi connectivity index (χ1) is 10.7. The highest BCUT2D eigenvalue weighted by atomic mass is 32.2. The van der Waals surface area contributed by atoms with E-state index in [2.05, 4.69) is 0 Å². The molecule has 0 aliphatic heterocycles. The summed E-state index contributed by atoms with van der Waals surface area (Å²) in [6.45, 7) is 12.1. The van der Waals surface area contributed by atoms with Gasteiger partial charge in [0.2, 0.25) is 0 Å². The number of nitrogens with zero attached hydrogens (tertiary/aromatic N) is 2. The summed E-state index contributed by atoms with van der Waals surface area (Å²) in [5.74, 6) is 0.968. The van der Waals surface area contributed by atoms with Crippen LogP contribution in [0.2, 0.25) is 0 Å². The van der Waals surface area contributed by atoms with Crippen molar-refractivity contribution in [3.05, 3.63) is 0 Å². The van der Waals surface area contributed by atoms with Crippen LogP contribution in [0, 0.1) is 5.92 Å². The third-order valence-electron chi connectivity index (χ3n) is 2.88. The van der Waals surface area contributed by atoms with Gasteiger partial charge in [0.25, 0.3) is 0 Å². The number of hydrogen-bond acceptors (Lipinski definition) is 5.